The largest absolute Gasteiger partial charge is 0.384 e. The Kier molecular flexibility index (Phi) is 6.48. The highest BCUT2D eigenvalue weighted by atomic mass is 32.2. The lowest BCUT2D eigenvalue weighted by Gasteiger charge is -2.21. The van der Waals surface area contributed by atoms with Crippen LogP contribution in [0, 0.1) is 5.92 Å². The number of hydrogen-bond acceptors (Lipinski definition) is 3. The molecule has 1 aromatic carbocycles. The summed E-state index contributed by atoms with van der Waals surface area (Å²) in [4.78, 5) is 0. The zero-order chi connectivity index (χ0) is 14.3. The molecule has 1 rings (SSSR count). The molecule has 1 N–H and O–H groups in total. The lowest BCUT2D eigenvalue weighted by molar-refractivity contribution is 0.216. The number of ether oxygens (including phenoxy) is 1. The predicted molar refractivity (Wildman–Crippen MR) is 77.4 cm³/mol. The first-order valence-corrected chi connectivity index (χ1v) is 8.13. The zero-order valence-corrected chi connectivity index (χ0v) is 12.6. The van der Waals surface area contributed by atoms with E-state index in [0.29, 0.717) is 5.92 Å². The first-order valence-electron chi connectivity index (χ1n) is 6.48. The number of benzene rings is 1. The molecule has 0 spiro atoms. The summed E-state index contributed by atoms with van der Waals surface area (Å²) in [6, 6.07) is 9.49. The number of sulfonamides is 1. The second-order valence-electron chi connectivity index (χ2n) is 5.02. The van der Waals surface area contributed by atoms with Crippen LogP contribution in [0.25, 0.3) is 0 Å². The van der Waals surface area contributed by atoms with Gasteiger partial charge in [0, 0.05) is 13.2 Å². The molecular weight excluding hydrogens is 262 g/mol. The Labute approximate surface area is 116 Å². The monoisotopic (exact) mass is 285 g/mol. The van der Waals surface area contributed by atoms with Crippen LogP contribution >= 0.6 is 0 Å². The average Bonchev–Trinajstić information content (AvgIpc) is 2.36. The lowest BCUT2D eigenvalue weighted by Crippen LogP contribution is -2.32. The van der Waals surface area contributed by atoms with E-state index in [1.165, 1.54) is 7.11 Å². The van der Waals surface area contributed by atoms with Crippen molar-refractivity contribution < 1.29 is 13.2 Å². The first kappa shape index (κ1) is 16.1. The van der Waals surface area contributed by atoms with Crippen LogP contribution < -0.4 is 4.72 Å². The molecule has 0 aliphatic carbocycles. The molecule has 0 amide bonds. The molecule has 0 saturated heterocycles. The molecule has 4 nitrogen and oxygen atoms in total. The predicted octanol–water partition coefficient (Wildman–Crippen LogP) is 2.34. The van der Waals surface area contributed by atoms with Gasteiger partial charge in [-0.1, -0.05) is 44.2 Å². The lowest BCUT2D eigenvalue weighted by atomic mass is 9.98. The second kappa shape index (κ2) is 7.62. The number of nitrogens with one attached hydrogen (secondary N) is 1. The van der Waals surface area contributed by atoms with E-state index >= 15 is 0 Å². The van der Waals surface area contributed by atoms with Crippen molar-refractivity contribution in [3.05, 3.63) is 35.9 Å². The summed E-state index contributed by atoms with van der Waals surface area (Å²) in [6.07, 6.45) is 0.774. The minimum Gasteiger partial charge on any atom is -0.384 e. The summed E-state index contributed by atoms with van der Waals surface area (Å²) < 4.78 is 31.5. The van der Waals surface area contributed by atoms with Gasteiger partial charge in [-0.2, -0.15) is 0 Å². The molecule has 0 fully saturated rings. The summed E-state index contributed by atoms with van der Waals surface area (Å²) in [5.74, 6) is 0.403. The van der Waals surface area contributed by atoms with Crippen molar-refractivity contribution in [2.75, 3.05) is 19.5 Å². The van der Waals surface area contributed by atoms with Gasteiger partial charge in [-0.25, -0.2) is 13.1 Å². The van der Waals surface area contributed by atoms with Crippen LogP contribution in [-0.4, -0.2) is 27.9 Å². The van der Waals surface area contributed by atoms with Gasteiger partial charge in [0.25, 0.3) is 0 Å². The maximum Gasteiger partial charge on any atom is 0.214 e. The Bertz CT molecular complexity index is 457. The molecule has 1 aromatic rings. The third kappa shape index (κ3) is 6.18. The van der Waals surface area contributed by atoms with Gasteiger partial charge in [-0.05, 0) is 17.9 Å². The van der Waals surface area contributed by atoms with Crippen molar-refractivity contribution in [1.29, 1.82) is 0 Å². The Morgan fingerprint density at radius 1 is 1.21 bits per heavy atom. The van der Waals surface area contributed by atoms with E-state index in [1.54, 1.807) is 0 Å². The van der Waals surface area contributed by atoms with Gasteiger partial charge in [0.2, 0.25) is 10.0 Å². The molecular formula is C14H23NO3S. The summed E-state index contributed by atoms with van der Waals surface area (Å²) in [5.41, 5.74) is 0.997. The first-order chi connectivity index (χ1) is 8.94. The number of methoxy groups -OCH3 is 1. The van der Waals surface area contributed by atoms with Gasteiger partial charge in [0.15, 0.2) is 0 Å². The molecule has 108 valence electrons. The highest BCUT2D eigenvalue weighted by Gasteiger charge is 2.20. The van der Waals surface area contributed by atoms with Crippen molar-refractivity contribution in [2.24, 2.45) is 5.92 Å². The number of hydrogen-bond donors (Lipinski definition) is 1. The molecule has 0 saturated carbocycles. The maximum absolute atomic E-state index is 12.0. The third-order valence-electron chi connectivity index (χ3n) is 2.79. The van der Waals surface area contributed by atoms with E-state index < -0.39 is 10.0 Å². The van der Waals surface area contributed by atoms with Gasteiger partial charge < -0.3 is 4.74 Å². The fraction of sp³-hybridized carbons (Fsp3) is 0.571. The second-order valence-corrected chi connectivity index (χ2v) is 6.90. The minimum absolute atomic E-state index is 0.00900. The molecule has 0 bridgehead atoms. The van der Waals surface area contributed by atoms with E-state index in [9.17, 15) is 8.42 Å². The van der Waals surface area contributed by atoms with Crippen LogP contribution in [-0.2, 0) is 14.8 Å². The van der Waals surface area contributed by atoms with Gasteiger partial charge in [0.05, 0.1) is 12.4 Å². The van der Waals surface area contributed by atoms with E-state index in [4.69, 9.17) is 4.74 Å². The van der Waals surface area contributed by atoms with Gasteiger partial charge in [-0.3, -0.25) is 0 Å². The van der Waals surface area contributed by atoms with E-state index in [-0.39, 0.29) is 18.4 Å². The fourth-order valence-corrected chi connectivity index (χ4v) is 3.05. The van der Waals surface area contributed by atoms with Crippen molar-refractivity contribution in [2.45, 2.75) is 26.3 Å². The van der Waals surface area contributed by atoms with Crippen LogP contribution in [0.2, 0.25) is 0 Å². The van der Waals surface area contributed by atoms with Crippen LogP contribution in [0.3, 0.4) is 0 Å². The van der Waals surface area contributed by atoms with Crippen molar-refractivity contribution in [3.63, 3.8) is 0 Å². The average molecular weight is 285 g/mol. The Balaban J connectivity index is 2.81. The van der Waals surface area contributed by atoms with Gasteiger partial charge in [0.1, 0.15) is 0 Å². The topological polar surface area (TPSA) is 55.4 Å². The normalized spacial score (nSPS) is 13.7. The van der Waals surface area contributed by atoms with Crippen molar-refractivity contribution in [3.8, 4) is 0 Å². The summed E-state index contributed by atoms with van der Waals surface area (Å²) in [6.45, 7) is 4.37. The van der Waals surface area contributed by atoms with Crippen molar-refractivity contribution >= 4 is 10.0 Å². The van der Waals surface area contributed by atoms with Crippen LogP contribution in [0.15, 0.2) is 30.3 Å². The summed E-state index contributed by atoms with van der Waals surface area (Å²) in [7, 11) is -1.81. The van der Waals surface area contributed by atoms with Crippen molar-refractivity contribution in [1.82, 2.24) is 4.72 Å². The quantitative estimate of drug-likeness (QED) is 0.797. The van der Waals surface area contributed by atoms with E-state index in [0.717, 1.165) is 12.0 Å². The third-order valence-corrected chi connectivity index (χ3v) is 4.13. The highest BCUT2D eigenvalue weighted by Crippen LogP contribution is 2.21. The molecule has 5 heteroatoms. The fourth-order valence-electron chi connectivity index (χ4n) is 1.88. The Hall–Kier alpha value is -0.910. The molecule has 19 heavy (non-hydrogen) atoms. The SMILES string of the molecule is COCCS(=O)(=O)N[C@H](CC(C)C)c1ccccc1. The maximum atomic E-state index is 12.0. The Morgan fingerprint density at radius 2 is 1.84 bits per heavy atom. The van der Waals surface area contributed by atoms with Crippen LogP contribution in [0.1, 0.15) is 31.9 Å². The highest BCUT2D eigenvalue weighted by molar-refractivity contribution is 7.89. The zero-order valence-electron chi connectivity index (χ0n) is 11.8. The molecule has 1 atom stereocenters. The van der Waals surface area contributed by atoms with Gasteiger partial charge >= 0.3 is 0 Å². The van der Waals surface area contributed by atoms with E-state index in [1.807, 2.05) is 30.3 Å². The molecule has 0 aliphatic heterocycles. The van der Waals surface area contributed by atoms with Crippen LogP contribution in [0.5, 0.6) is 0 Å². The Morgan fingerprint density at radius 3 is 2.37 bits per heavy atom. The molecule has 0 heterocycles. The summed E-state index contributed by atoms with van der Waals surface area (Å²) >= 11 is 0. The summed E-state index contributed by atoms with van der Waals surface area (Å²) in [5, 5.41) is 0. The minimum atomic E-state index is -3.31. The van der Waals surface area contributed by atoms with Gasteiger partial charge in [-0.15, -0.1) is 0 Å². The standard InChI is InChI=1S/C14H23NO3S/c1-12(2)11-14(13-7-5-4-6-8-13)15-19(16,17)10-9-18-3/h4-8,12,14-15H,9-11H2,1-3H3/t14-/m1/s1. The molecule has 0 unspecified atom stereocenters. The smallest absolute Gasteiger partial charge is 0.214 e. The van der Waals surface area contributed by atoms with Crippen LogP contribution in [0.4, 0.5) is 0 Å². The molecule has 0 aromatic heterocycles. The number of rotatable bonds is 8. The molecule has 0 radical (unpaired) electrons. The molecule has 0 aliphatic rings. The van der Waals surface area contributed by atoms with E-state index in [2.05, 4.69) is 18.6 Å².